The van der Waals surface area contributed by atoms with E-state index in [-0.39, 0.29) is 23.4 Å². The summed E-state index contributed by atoms with van der Waals surface area (Å²) < 4.78 is 0. The highest BCUT2D eigenvalue weighted by atomic mass is 35.5. The number of nitrogens with two attached hydrogens (primary N) is 1. The molecule has 13 heavy (non-hydrogen) atoms. The van der Waals surface area contributed by atoms with Gasteiger partial charge in [0, 0.05) is 12.6 Å². The molecule has 0 fully saturated rings. The average Bonchev–Trinajstić information content (AvgIpc) is 2.10. The second-order valence-corrected chi connectivity index (χ2v) is 3.18. The lowest BCUT2D eigenvalue weighted by molar-refractivity contribution is 0.276. The van der Waals surface area contributed by atoms with Crippen molar-refractivity contribution in [3.63, 3.8) is 0 Å². The van der Waals surface area contributed by atoms with E-state index in [4.69, 9.17) is 22.4 Å². The summed E-state index contributed by atoms with van der Waals surface area (Å²) in [5, 5.41) is 18.2. The van der Waals surface area contributed by atoms with Crippen molar-refractivity contribution in [3.8, 4) is 5.75 Å². The number of aromatic hydroxyl groups is 1. The Labute approximate surface area is 81.8 Å². The fourth-order valence-electron chi connectivity index (χ4n) is 1.12. The van der Waals surface area contributed by atoms with Crippen molar-refractivity contribution in [1.29, 1.82) is 0 Å². The van der Waals surface area contributed by atoms with Gasteiger partial charge in [-0.3, -0.25) is 0 Å². The maximum atomic E-state index is 9.27. The molecule has 0 radical (unpaired) electrons. The van der Waals surface area contributed by atoms with Gasteiger partial charge in [-0.2, -0.15) is 0 Å². The van der Waals surface area contributed by atoms with Gasteiger partial charge < -0.3 is 15.9 Å². The van der Waals surface area contributed by atoms with E-state index in [0.29, 0.717) is 12.0 Å². The summed E-state index contributed by atoms with van der Waals surface area (Å²) in [6.07, 6.45) is 0.434. The molecule has 0 aromatic heterocycles. The number of aliphatic hydroxyl groups is 1. The minimum absolute atomic E-state index is 0.00709. The number of phenols is 1. The van der Waals surface area contributed by atoms with E-state index >= 15 is 0 Å². The highest BCUT2D eigenvalue weighted by Gasteiger charge is 2.11. The van der Waals surface area contributed by atoms with Crippen LogP contribution < -0.4 is 5.73 Å². The molecule has 0 saturated carbocycles. The predicted molar refractivity (Wildman–Crippen MR) is 51.7 cm³/mol. The average molecular weight is 202 g/mol. The van der Waals surface area contributed by atoms with Crippen LogP contribution in [-0.2, 0) is 0 Å². The summed E-state index contributed by atoms with van der Waals surface area (Å²) in [5.41, 5.74) is 6.38. The first kappa shape index (κ1) is 10.3. The van der Waals surface area contributed by atoms with Gasteiger partial charge in [-0.05, 0) is 18.1 Å². The monoisotopic (exact) mass is 201 g/mol. The lowest BCUT2D eigenvalue weighted by Crippen LogP contribution is -2.12. The van der Waals surface area contributed by atoms with E-state index in [0.717, 1.165) is 0 Å². The third kappa shape index (κ3) is 2.34. The molecule has 0 bridgehead atoms. The second kappa shape index (κ2) is 4.46. The molecule has 0 saturated heterocycles. The minimum Gasteiger partial charge on any atom is -0.506 e. The number of hydrogen-bond donors (Lipinski definition) is 3. The van der Waals surface area contributed by atoms with Gasteiger partial charge in [-0.15, -0.1) is 0 Å². The number of benzene rings is 1. The van der Waals surface area contributed by atoms with Gasteiger partial charge in [-0.1, -0.05) is 23.7 Å². The van der Waals surface area contributed by atoms with Crippen LogP contribution >= 0.6 is 11.6 Å². The van der Waals surface area contributed by atoms with Gasteiger partial charge in [-0.25, -0.2) is 0 Å². The van der Waals surface area contributed by atoms with Gasteiger partial charge in [0.15, 0.2) is 0 Å². The first-order valence-electron chi connectivity index (χ1n) is 4.00. The molecule has 0 unspecified atom stereocenters. The molecule has 1 atom stereocenters. The molecule has 1 rings (SSSR count). The smallest absolute Gasteiger partial charge is 0.134 e. The van der Waals surface area contributed by atoms with Crippen LogP contribution in [0.2, 0.25) is 5.02 Å². The van der Waals surface area contributed by atoms with E-state index in [9.17, 15) is 5.11 Å². The van der Waals surface area contributed by atoms with Crippen molar-refractivity contribution in [2.75, 3.05) is 6.61 Å². The van der Waals surface area contributed by atoms with Crippen molar-refractivity contribution in [1.82, 2.24) is 0 Å². The molecule has 0 heterocycles. The molecule has 0 spiro atoms. The van der Waals surface area contributed by atoms with Crippen molar-refractivity contribution in [2.45, 2.75) is 12.5 Å². The van der Waals surface area contributed by atoms with Crippen LogP contribution in [0.5, 0.6) is 5.75 Å². The first-order valence-corrected chi connectivity index (χ1v) is 4.38. The zero-order valence-electron chi connectivity index (χ0n) is 7.07. The fourth-order valence-corrected chi connectivity index (χ4v) is 1.38. The second-order valence-electron chi connectivity index (χ2n) is 2.80. The summed E-state index contributed by atoms with van der Waals surface area (Å²) in [7, 11) is 0. The van der Waals surface area contributed by atoms with Crippen LogP contribution in [0.1, 0.15) is 18.0 Å². The lowest BCUT2D eigenvalue weighted by atomic mass is 10.0. The summed E-state index contributed by atoms with van der Waals surface area (Å²) in [4.78, 5) is 0. The highest BCUT2D eigenvalue weighted by Crippen LogP contribution is 2.30. The molecule has 0 aliphatic rings. The topological polar surface area (TPSA) is 66.5 Å². The van der Waals surface area contributed by atoms with E-state index in [1.807, 2.05) is 0 Å². The van der Waals surface area contributed by atoms with E-state index in [2.05, 4.69) is 0 Å². The third-order valence-corrected chi connectivity index (χ3v) is 2.26. The van der Waals surface area contributed by atoms with Crippen LogP contribution in [-0.4, -0.2) is 16.8 Å². The van der Waals surface area contributed by atoms with Crippen LogP contribution in [0, 0.1) is 0 Å². The predicted octanol–water partition coefficient (Wildman–Crippen LogP) is 1.43. The molecular weight excluding hydrogens is 190 g/mol. The normalized spacial score (nSPS) is 12.8. The number of phenolic OH excluding ortho intramolecular Hbond substituents is 1. The maximum Gasteiger partial charge on any atom is 0.134 e. The minimum atomic E-state index is -0.329. The van der Waals surface area contributed by atoms with E-state index in [1.54, 1.807) is 12.1 Å². The van der Waals surface area contributed by atoms with Gasteiger partial charge in [0.05, 0.1) is 5.02 Å². The molecule has 0 amide bonds. The SMILES string of the molecule is N[C@H](CCO)c1cccc(O)c1Cl. The Kier molecular flexibility index (Phi) is 3.54. The summed E-state index contributed by atoms with van der Waals surface area (Å²) in [6.45, 7) is 0.00709. The molecule has 3 nitrogen and oxygen atoms in total. The Bertz CT molecular complexity index is 291. The van der Waals surface area contributed by atoms with Crippen LogP contribution in [0.3, 0.4) is 0 Å². The number of halogens is 1. The summed E-state index contributed by atoms with van der Waals surface area (Å²) in [6, 6.07) is 4.58. The summed E-state index contributed by atoms with van der Waals surface area (Å²) in [5.74, 6) is 0.0209. The first-order chi connectivity index (χ1) is 6.16. The van der Waals surface area contributed by atoms with Gasteiger partial charge in [0.25, 0.3) is 0 Å². The number of hydrogen-bond acceptors (Lipinski definition) is 3. The molecular formula is C9H12ClNO2. The van der Waals surface area contributed by atoms with Crippen molar-refractivity contribution >= 4 is 11.6 Å². The van der Waals surface area contributed by atoms with Crippen molar-refractivity contribution in [2.24, 2.45) is 5.73 Å². The molecule has 72 valence electrons. The third-order valence-electron chi connectivity index (χ3n) is 1.85. The highest BCUT2D eigenvalue weighted by molar-refractivity contribution is 6.32. The standard InChI is InChI=1S/C9H12ClNO2/c10-9-6(7(11)4-5-12)2-1-3-8(9)13/h1-3,7,12-13H,4-5,11H2/t7-/m1/s1. The van der Waals surface area contributed by atoms with Crippen LogP contribution in [0.15, 0.2) is 18.2 Å². The van der Waals surface area contributed by atoms with Gasteiger partial charge in [0.1, 0.15) is 5.75 Å². The Morgan fingerprint density at radius 1 is 1.46 bits per heavy atom. The Hall–Kier alpha value is -0.770. The Morgan fingerprint density at radius 3 is 2.77 bits per heavy atom. The Morgan fingerprint density at radius 2 is 2.15 bits per heavy atom. The van der Waals surface area contributed by atoms with Crippen molar-refractivity contribution in [3.05, 3.63) is 28.8 Å². The molecule has 1 aromatic carbocycles. The molecule has 1 aromatic rings. The number of rotatable bonds is 3. The summed E-state index contributed by atoms with van der Waals surface area (Å²) >= 11 is 5.81. The van der Waals surface area contributed by atoms with Gasteiger partial charge >= 0.3 is 0 Å². The van der Waals surface area contributed by atoms with E-state index < -0.39 is 0 Å². The number of aliphatic hydroxyl groups excluding tert-OH is 1. The maximum absolute atomic E-state index is 9.27. The van der Waals surface area contributed by atoms with Crippen LogP contribution in [0.25, 0.3) is 0 Å². The molecule has 0 aliphatic heterocycles. The van der Waals surface area contributed by atoms with Gasteiger partial charge in [0.2, 0.25) is 0 Å². The molecule has 4 heteroatoms. The largest absolute Gasteiger partial charge is 0.506 e. The lowest BCUT2D eigenvalue weighted by Gasteiger charge is -2.12. The zero-order valence-corrected chi connectivity index (χ0v) is 7.83. The van der Waals surface area contributed by atoms with Crippen molar-refractivity contribution < 1.29 is 10.2 Å². The molecule has 0 aliphatic carbocycles. The Balaban J connectivity index is 2.93. The zero-order chi connectivity index (χ0) is 9.84. The van der Waals surface area contributed by atoms with Crippen LogP contribution in [0.4, 0.5) is 0 Å². The molecule has 4 N–H and O–H groups in total. The van der Waals surface area contributed by atoms with E-state index in [1.165, 1.54) is 6.07 Å². The fraction of sp³-hybridized carbons (Fsp3) is 0.333. The quantitative estimate of drug-likeness (QED) is 0.693.